The van der Waals surface area contributed by atoms with Crippen molar-refractivity contribution in [2.75, 3.05) is 0 Å². The van der Waals surface area contributed by atoms with Crippen LogP contribution in [0, 0.1) is 11.6 Å². The van der Waals surface area contributed by atoms with Gasteiger partial charge < -0.3 is 0 Å². The lowest BCUT2D eigenvalue weighted by molar-refractivity contribution is 0.103. The van der Waals surface area contributed by atoms with Crippen LogP contribution in [0.3, 0.4) is 0 Å². The molecule has 0 radical (unpaired) electrons. The van der Waals surface area contributed by atoms with E-state index in [1.165, 1.54) is 24.3 Å². The fourth-order valence-electron chi connectivity index (χ4n) is 2.28. The predicted molar refractivity (Wildman–Crippen MR) is 81.4 cm³/mol. The Balaban J connectivity index is 2.23. The van der Waals surface area contributed by atoms with Gasteiger partial charge in [-0.3, -0.25) is 4.79 Å². The van der Waals surface area contributed by atoms with Crippen molar-refractivity contribution in [3.8, 4) is 0 Å². The van der Waals surface area contributed by atoms with Gasteiger partial charge in [0.05, 0.1) is 10.0 Å². The minimum absolute atomic E-state index is 0.0406. The number of hydrogen-bond donors (Lipinski definition) is 0. The zero-order valence-electron chi connectivity index (χ0n) is 10.7. The van der Waals surface area contributed by atoms with Crippen LogP contribution in [0.4, 0.5) is 8.78 Å². The third-order valence-electron chi connectivity index (χ3n) is 3.31. The van der Waals surface area contributed by atoms with Gasteiger partial charge in [-0.1, -0.05) is 30.3 Å². The van der Waals surface area contributed by atoms with E-state index in [9.17, 15) is 13.6 Å². The van der Waals surface area contributed by atoms with Crippen LogP contribution in [-0.4, -0.2) is 5.78 Å². The molecule has 0 atom stereocenters. The van der Waals surface area contributed by atoms with Gasteiger partial charge in [0.15, 0.2) is 5.78 Å². The molecule has 0 aliphatic carbocycles. The summed E-state index contributed by atoms with van der Waals surface area (Å²) in [4.78, 5) is 12.6. The van der Waals surface area contributed by atoms with Crippen LogP contribution in [0.2, 0.25) is 0 Å². The van der Waals surface area contributed by atoms with E-state index in [4.69, 9.17) is 0 Å². The number of benzene rings is 3. The average Bonchev–Trinajstić information content (AvgIpc) is 2.50. The Bertz CT molecular complexity index is 859. The first-order valence-corrected chi connectivity index (χ1v) is 7.05. The summed E-state index contributed by atoms with van der Waals surface area (Å²) in [5.41, 5.74) is 0.241. The van der Waals surface area contributed by atoms with Crippen LogP contribution >= 0.6 is 15.9 Å². The summed E-state index contributed by atoms with van der Waals surface area (Å²) in [5, 5.41) is 0.820. The van der Waals surface area contributed by atoms with Crippen LogP contribution in [0.15, 0.2) is 59.1 Å². The van der Waals surface area contributed by atoms with Crippen LogP contribution < -0.4 is 0 Å². The highest BCUT2D eigenvalue weighted by molar-refractivity contribution is 9.10. The van der Waals surface area contributed by atoms with Crippen molar-refractivity contribution >= 4 is 32.5 Å². The molecule has 0 aliphatic rings. The number of halogens is 3. The number of hydrogen-bond acceptors (Lipinski definition) is 1. The highest BCUT2D eigenvalue weighted by Gasteiger charge is 2.18. The topological polar surface area (TPSA) is 17.1 Å². The van der Waals surface area contributed by atoms with Gasteiger partial charge in [-0.05, 0) is 45.6 Å². The molecule has 0 amide bonds. The highest BCUT2D eigenvalue weighted by Crippen LogP contribution is 2.26. The molecule has 0 aromatic heterocycles. The summed E-state index contributed by atoms with van der Waals surface area (Å²) in [6.45, 7) is 0. The summed E-state index contributed by atoms with van der Waals surface area (Å²) in [6, 6.07) is 13.8. The first-order valence-electron chi connectivity index (χ1n) is 6.25. The molecule has 0 heterocycles. The molecule has 0 unspecified atom stereocenters. The van der Waals surface area contributed by atoms with E-state index < -0.39 is 17.4 Å². The molecule has 0 fully saturated rings. The summed E-state index contributed by atoms with van der Waals surface area (Å²) in [7, 11) is 0. The maximum Gasteiger partial charge on any atom is 0.196 e. The fraction of sp³-hybridized carbons (Fsp3) is 0. The Morgan fingerprint density at radius 1 is 0.810 bits per heavy atom. The molecule has 0 saturated heterocycles. The Kier molecular flexibility index (Phi) is 3.55. The van der Waals surface area contributed by atoms with E-state index in [-0.39, 0.29) is 15.6 Å². The van der Waals surface area contributed by atoms with E-state index in [0.29, 0.717) is 10.8 Å². The standard InChI is InChI=1S/C17H9BrF2O/c18-14-7-3-6-13(16(14)20)17(21)12-8-9-15(19)11-5-2-1-4-10(11)12/h1-9H. The van der Waals surface area contributed by atoms with Gasteiger partial charge >= 0.3 is 0 Å². The molecule has 0 N–H and O–H groups in total. The zero-order chi connectivity index (χ0) is 15.0. The van der Waals surface area contributed by atoms with Gasteiger partial charge in [0, 0.05) is 10.9 Å². The second-order valence-corrected chi connectivity index (χ2v) is 5.43. The highest BCUT2D eigenvalue weighted by atomic mass is 79.9. The molecule has 21 heavy (non-hydrogen) atoms. The summed E-state index contributed by atoms with van der Waals surface area (Å²) < 4.78 is 28.1. The Labute approximate surface area is 128 Å². The summed E-state index contributed by atoms with van der Waals surface area (Å²) >= 11 is 3.06. The average molecular weight is 347 g/mol. The summed E-state index contributed by atoms with van der Waals surface area (Å²) in [5.74, 6) is -1.49. The van der Waals surface area contributed by atoms with Gasteiger partial charge in [0.25, 0.3) is 0 Å². The maximum absolute atomic E-state index is 14.1. The molecule has 3 aromatic carbocycles. The normalized spacial score (nSPS) is 10.8. The quantitative estimate of drug-likeness (QED) is 0.589. The van der Waals surface area contributed by atoms with Gasteiger partial charge in [-0.15, -0.1) is 0 Å². The number of carbonyl (C=O) groups is 1. The van der Waals surface area contributed by atoms with E-state index in [1.54, 1.807) is 30.3 Å². The first-order chi connectivity index (χ1) is 10.1. The molecular weight excluding hydrogens is 338 g/mol. The van der Waals surface area contributed by atoms with Crippen LogP contribution in [0.25, 0.3) is 10.8 Å². The van der Waals surface area contributed by atoms with Crippen LogP contribution in [0.5, 0.6) is 0 Å². The minimum Gasteiger partial charge on any atom is -0.288 e. The third-order valence-corrected chi connectivity index (χ3v) is 3.92. The van der Waals surface area contributed by atoms with Crippen LogP contribution in [-0.2, 0) is 0 Å². The monoisotopic (exact) mass is 346 g/mol. The van der Waals surface area contributed by atoms with E-state index in [1.807, 2.05) is 0 Å². The zero-order valence-corrected chi connectivity index (χ0v) is 12.3. The van der Waals surface area contributed by atoms with Crippen molar-refractivity contribution in [2.24, 2.45) is 0 Å². The fourth-order valence-corrected chi connectivity index (χ4v) is 2.65. The number of ketones is 1. The minimum atomic E-state index is -0.615. The smallest absolute Gasteiger partial charge is 0.196 e. The molecule has 3 rings (SSSR count). The summed E-state index contributed by atoms with van der Waals surface area (Å²) in [6.07, 6.45) is 0. The Morgan fingerprint density at radius 3 is 2.29 bits per heavy atom. The van der Waals surface area contributed by atoms with E-state index in [0.717, 1.165) is 0 Å². The molecule has 0 bridgehead atoms. The molecule has 0 aliphatic heterocycles. The second kappa shape index (κ2) is 5.37. The largest absolute Gasteiger partial charge is 0.288 e. The van der Waals surface area contributed by atoms with Gasteiger partial charge in [-0.2, -0.15) is 0 Å². The van der Waals surface area contributed by atoms with Crippen molar-refractivity contribution in [1.82, 2.24) is 0 Å². The number of carbonyl (C=O) groups excluding carboxylic acids is 1. The number of fused-ring (bicyclic) bond motifs is 1. The molecule has 1 nitrogen and oxygen atoms in total. The van der Waals surface area contributed by atoms with Gasteiger partial charge in [0.1, 0.15) is 11.6 Å². The van der Waals surface area contributed by atoms with Gasteiger partial charge in [0.2, 0.25) is 0 Å². The van der Waals surface area contributed by atoms with E-state index >= 15 is 0 Å². The van der Waals surface area contributed by atoms with Crippen molar-refractivity contribution < 1.29 is 13.6 Å². The third kappa shape index (κ3) is 2.36. The molecule has 4 heteroatoms. The molecule has 3 aromatic rings. The Morgan fingerprint density at radius 2 is 1.52 bits per heavy atom. The van der Waals surface area contributed by atoms with Crippen molar-refractivity contribution in [3.63, 3.8) is 0 Å². The first kappa shape index (κ1) is 13.9. The lowest BCUT2D eigenvalue weighted by Gasteiger charge is -2.08. The van der Waals surface area contributed by atoms with Crippen LogP contribution in [0.1, 0.15) is 15.9 Å². The van der Waals surface area contributed by atoms with Gasteiger partial charge in [-0.25, -0.2) is 8.78 Å². The van der Waals surface area contributed by atoms with Crippen molar-refractivity contribution in [1.29, 1.82) is 0 Å². The molecule has 104 valence electrons. The second-order valence-electron chi connectivity index (χ2n) is 4.57. The van der Waals surface area contributed by atoms with E-state index in [2.05, 4.69) is 15.9 Å². The molecule has 0 saturated carbocycles. The maximum atomic E-state index is 14.1. The van der Waals surface area contributed by atoms with Crippen molar-refractivity contribution in [2.45, 2.75) is 0 Å². The lowest BCUT2D eigenvalue weighted by atomic mass is 9.97. The SMILES string of the molecule is O=C(c1cccc(Br)c1F)c1ccc(F)c2ccccc12. The Hall–Kier alpha value is -2.07. The number of rotatable bonds is 2. The lowest BCUT2D eigenvalue weighted by Crippen LogP contribution is -2.06. The molecular formula is C17H9BrF2O. The van der Waals surface area contributed by atoms with Crippen molar-refractivity contribution in [3.05, 3.63) is 81.8 Å². The molecule has 0 spiro atoms. The predicted octanol–water partition coefficient (Wildman–Crippen LogP) is 5.11.